The van der Waals surface area contributed by atoms with Crippen LogP contribution in [0.5, 0.6) is 5.75 Å². The molecule has 0 aliphatic heterocycles. The van der Waals surface area contributed by atoms with E-state index in [0.29, 0.717) is 18.4 Å². The molecule has 20 heavy (non-hydrogen) atoms. The van der Waals surface area contributed by atoms with Gasteiger partial charge in [0.05, 0.1) is 0 Å². The van der Waals surface area contributed by atoms with Crippen molar-refractivity contribution in [1.82, 2.24) is 15.5 Å². The molecule has 108 valence electrons. The molecule has 0 unspecified atom stereocenters. The molecule has 5 nitrogen and oxygen atoms in total. The molecule has 1 aromatic heterocycles. The molecule has 0 radical (unpaired) electrons. The smallest absolute Gasteiger partial charge is 0.253 e. The maximum absolute atomic E-state index is 5.80. The van der Waals surface area contributed by atoms with Gasteiger partial charge in [-0.15, -0.1) is 10.2 Å². The van der Waals surface area contributed by atoms with Crippen molar-refractivity contribution in [2.75, 3.05) is 6.54 Å². The van der Waals surface area contributed by atoms with E-state index in [1.807, 2.05) is 19.1 Å². The van der Waals surface area contributed by atoms with E-state index in [4.69, 9.17) is 9.15 Å². The lowest BCUT2D eigenvalue weighted by atomic mass is 10.1. The van der Waals surface area contributed by atoms with E-state index in [0.717, 1.165) is 30.8 Å². The highest BCUT2D eigenvalue weighted by Gasteiger charge is 2.08. The molecule has 2 rings (SSSR count). The SMILES string of the molecule is CCNCc1cc(C)ccc1OCc1nnc(CC)o1. The summed E-state index contributed by atoms with van der Waals surface area (Å²) in [6.45, 7) is 8.15. The van der Waals surface area contributed by atoms with Crippen LogP contribution in [0.3, 0.4) is 0 Å². The zero-order chi connectivity index (χ0) is 14.4. The normalized spacial score (nSPS) is 10.8. The second-order valence-electron chi connectivity index (χ2n) is 4.62. The molecule has 0 aliphatic carbocycles. The van der Waals surface area contributed by atoms with Gasteiger partial charge in [0.25, 0.3) is 5.89 Å². The second kappa shape index (κ2) is 7.05. The molecule has 0 bridgehead atoms. The predicted molar refractivity (Wildman–Crippen MR) is 76.6 cm³/mol. The van der Waals surface area contributed by atoms with Crippen LogP contribution in [-0.2, 0) is 19.6 Å². The van der Waals surface area contributed by atoms with Crippen LogP contribution in [-0.4, -0.2) is 16.7 Å². The van der Waals surface area contributed by atoms with E-state index >= 15 is 0 Å². The van der Waals surface area contributed by atoms with Crippen LogP contribution in [0.1, 0.15) is 36.8 Å². The summed E-state index contributed by atoms with van der Waals surface area (Å²) in [6, 6.07) is 6.15. The molecule has 0 spiro atoms. The van der Waals surface area contributed by atoms with Gasteiger partial charge in [0, 0.05) is 18.5 Å². The minimum Gasteiger partial charge on any atom is -0.483 e. The Bertz CT molecular complexity index is 552. The lowest BCUT2D eigenvalue weighted by molar-refractivity contribution is 0.256. The Labute approximate surface area is 119 Å². The molecule has 1 N–H and O–H groups in total. The summed E-state index contributed by atoms with van der Waals surface area (Å²) in [5, 5.41) is 11.2. The van der Waals surface area contributed by atoms with Gasteiger partial charge in [-0.05, 0) is 19.5 Å². The van der Waals surface area contributed by atoms with E-state index in [2.05, 4.69) is 35.4 Å². The highest BCUT2D eigenvalue weighted by atomic mass is 16.5. The fraction of sp³-hybridized carbons (Fsp3) is 0.467. The number of benzene rings is 1. The van der Waals surface area contributed by atoms with Gasteiger partial charge < -0.3 is 14.5 Å². The Kier molecular flexibility index (Phi) is 5.12. The number of rotatable bonds is 7. The topological polar surface area (TPSA) is 60.2 Å². The minimum atomic E-state index is 0.301. The first-order valence-corrected chi connectivity index (χ1v) is 6.97. The molecule has 1 heterocycles. The number of nitrogens with one attached hydrogen (secondary N) is 1. The summed E-state index contributed by atoms with van der Waals surface area (Å²) in [5.74, 6) is 2.00. The van der Waals surface area contributed by atoms with Gasteiger partial charge in [0.1, 0.15) is 5.75 Å². The van der Waals surface area contributed by atoms with Crippen molar-refractivity contribution in [3.05, 3.63) is 41.1 Å². The third-order valence-electron chi connectivity index (χ3n) is 2.94. The van der Waals surface area contributed by atoms with Crippen molar-refractivity contribution < 1.29 is 9.15 Å². The van der Waals surface area contributed by atoms with Crippen molar-refractivity contribution in [1.29, 1.82) is 0 Å². The Morgan fingerprint density at radius 1 is 1.20 bits per heavy atom. The molecule has 2 aromatic rings. The van der Waals surface area contributed by atoms with Crippen LogP contribution in [0.4, 0.5) is 0 Å². The Hall–Kier alpha value is -1.88. The van der Waals surface area contributed by atoms with Gasteiger partial charge in [-0.3, -0.25) is 0 Å². The van der Waals surface area contributed by atoms with Gasteiger partial charge >= 0.3 is 0 Å². The van der Waals surface area contributed by atoms with E-state index in [-0.39, 0.29) is 0 Å². The summed E-state index contributed by atoms with van der Waals surface area (Å²) in [6.07, 6.45) is 0.739. The molecule has 1 aromatic carbocycles. The number of ether oxygens (including phenoxy) is 1. The van der Waals surface area contributed by atoms with Gasteiger partial charge in [-0.1, -0.05) is 31.5 Å². The first kappa shape index (κ1) is 14.5. The number of hydrogen-bond donors (Lipinski definition) is 1. The van der Waals surface area contributed by atoms with E-state index < -0.39 is 0 Å². The van der Waals surface area contributed by atoms with Crippen molar-refractivity contribution in [3.8, 4) is 5.75 Å². The average Bonchev–Trinajstić information content (AvgIpc) is 2.92. The highest BCUT2D eigenvalue weighted by molar-refractivity contribution is 5.36. The standard InChI is InChI=1S/C15H21N3O2/c1-4-14-17-18-15(20-14)10-19-13-7-6-11(3)8-12(13)9-16-5-2/h6-8,16H,4-5,9-10H2,1-3H3. The molecular weight excluding hydrogens is 254 g/mol. The van der Waals surface area contributed by atoms with Crippen LogP contribution in [0.2, 0.25) is 0 Å². The summed E-state index contributed by atoms with van der Waals surface area (Å²) in [4.78, 5) is 0. The average molecular weight is 275 g/mol. The van der Waals surface area contributed by atoms with Crippen molar-refractivity contribution in [3.63, 3.8) is 0 Å². The third kappa shape index (κ3) is 3.81. The number of aromatic nitrogens is 2. The highest BCUT2D eigenvalue weighted by Crippen LogP contribution is 2.21. The quantitative estimate of drug-likeness (QED) is 0.841. The zero-order valence-corrected chi connectivity index (χ0v) is 12.3. The summed E-state index contributed by atoms with van der Waals surface area (Å²) < 4.78 is 11.2. The molecule has 0 aliphatic rings. The molecular formula is C15H21N3O2. The summed E-state index contributed by atoms with van der Waals surface area (Å²) in [7, 11) is 0. The lowest BCUT2D eigenvalue weighted by Gasteiger charge is -2.11. The van der Waals surface area contributed by atoms with Gasteiger partial charge in [-0.25, -0.2) is 0 Å². The van der Waals surface area contributed by atoms with Gasteiger partial charge in [0.2, 0.25) is 5.89 Å². The number of aryl methyl sites for hydroxylation is 2. The lowest BCUT2D eigenvalue weighted by Crippen LogP contribution is -2.13. The largest absolute Gasteiger partial charge is 0.483 e. The molecule has 0 amide bonds. The van der Waals surface area contributed by atoms with Gasteiger partial charge in [-0.2, -0.15) is 0 Å². The zero-order valence-electron chi connectivity index (χ0n) is 12.3. The van der Waals surface area contributed by atoms with Crippen molar-refractivity contribution in [2.45, 2.75) is 40.3 Å². The van der Waals surface area contributed by atoms with Crippen LogP contribution in [0.15, 0.2) is 22.6 Å². The van der Waals surface area contributed by atoms with E-state index in [9.17, 15) is 0 Å². The Morgan fingerprint density at radius 2 is 2.00 bits per heavy atom. The van der Waals surface area contributed by atoms with E-state index in [1.165, 1.54) is 5.56 Å². The molecule has 0 saturated carbocycles. The molecule has 0 atom stereocenters. The van der Waals surface area contributed by atoms with Crippen LogP contribution in [0.25, 0.3) is 0 Å². The van der Waals surface area contributed by atoms with Crippen LogP contribution >= 0.6 is 0 Å². The fourth-order valence-corrected chi connectivity index (χ4v) is 1.88. The van der Waals surface area contributed by atoms with Crippen molar-refractivity contribution >= 4 is 0 Å². The fourth-order valence-electron chi connectivity index (χ4n) is 1.88. The molecule has 0 saturated heterocycles. The van der Waals surface area contributed by atoms with Gasteiger partial charge in [0.15, 0.2) is 6.61 Å². The molecule has 0 fully saturated rings. The number of nitrogens with zero attached hydrogens (tertiary/aromatic N) is 2. The van der Waals surface area contributed by atoms with E-state index in [1.54, 1.807) is 0 Å². The van der Waals surface area contributed by atoms with Crippen molar-refractivity contribution in [2.24, 2.45) is 0 Å². The van der Waals surface area contributed by atoms with Crippen LogP contribution < -0.4 is 10.1 Å². The maximum Gasteiger partial charge on any atom is 0.253 e. The third-order valence-corrected chi connectivity index (χ3v) is 2.94. The first-order valence-electron chi connectivity index (χ1n) is 6.97. The predicted octanol–water partition coefficient (Wildman–Crippen LogP) is 2.63. The summed E-state index contributed by atoms with van der Waals surface area (Å²) in [5.41, 5.74) is 2.36. The monoisotopic (exact) mass is 275 g/mol. The first-order chi connectivity index (χ1) is 9.72. The number of hydrogen-bond acceptors (Lipinski definition) is 5. The Morgan fingerprint density at radius 3 is 2.70 bits per heavy atom. The summed E-state index contributed by atoms with van der Waals surface area (Å²) >= 11 is 0. The minimum absolute atomic E-state index is 0.301. The van der Waals surface area contributed by atoms with Crippen LogP contribution in [0, 0.1) is 6.92 Å². The maximum atomic E-state index is 5.80. The Balaban J connectivity index is 2.04. The second-order valence-corrected chi connectivity index (χ2v) is 4.62. The molecule has 5 heteroatoms.